The van der Waals surface area contributed by atoms with Crippen molar-refractivity contribution in [2.45, 2.75) is 31.9 Å². The first-order chi connectivity index (χ1) is 17.3. The molecule has 0 aliphatic carbocycles. The van der Waals surface area contributed by atoms with Crippen LogP contribution in [0.25, 0.3) is 5.65 Å². The molecule has 5 rings (SSSR count). The van der Waals surface area contributed by atoms with E-state index in [1.165, 1.54) is 0 Å². The lowest BCUT2D eigenvalue weighted by molar-refractivity contribution is 0.0867. The van der Waals surface area contributed by atoms with Crippen LogP contribution in [0.4, 0.5) is 0 Å². The SMILES string of the molecule is COc1ccc(C2COc3cc(Cc4cnc5cc(C#CC(C)(C)N)cnn45)cc(OC)c3O2)cn1. The van der Waals surface area contributed by atoms with Crippen LogP contribution in [-0.2, 0) is 6.42 Å². The third kappa shape index (κ3) is 4.90. The highest BCUT2D eigenvalue weighted by molar-refractivity contribution is 5.56. The Bertz CT molecular complexity index is 1440. The van der Waals surface area contributed by atoms with Crippen molar-refractivity contribution in [1.82, 2.24) is 19.6 Å². The molecule has 0 bridgehead atoms. The van der Waals surface area contributed by atoms with Gasteiger partial charge >= 0.3 is 0 Å². The molecule has 0 saturated heterocycles. The van der Waals surface area contributed by atoms with Gasteiger partial charge in [-0.05, 0) is 37.6 Å². The highest BCUT2D eigenvalue weighted by Gasteiger charge is 2.27. The maximum Gasteiger partial charge on any atom is 0.212 e. The van der Waals surface area contributed by atoms with Crippen LogP contribution in [0.15, 0.2) is 48.9 Å². The van der Waals surface area contributed by atoms with Crippen LogP contribution in [0, 0.1) is 11.8 Å². The van der Waals surface area contributed by atoms with Crippen molar-refractivity contribution in [2.24, 2.45) is 5.73 Å². The minimum Gasteiger partial charge on any atom is -0.493 e. The van der Waals surface area contributed by atoms with E-state index >= 15 is 0 Å². The topological polar surface area (TPSA) is 106 Å². The zero-order valence-corrected chi connectivity index (χ0v) is 20.6. The van der Waals surface area contributed by atoms with E-state index in [4.69, 9.17) is 24.7 Å². The molecular formula is C27H27N5O4. The van der Waals surface area contributed by atoms with Crippen LogP contribution < -0.4 is 24.7 Å². The number of hydrogen-bond acceptors (Lipinski definition) is 8. The number of ether oxygens (including phenoxy) is 4. The molecule has 0 spiro atoms. The van der Waals surface area contributed by atoms with Crippen molar-refractivity contribution in [1.29, 1.82) is 0 Å². The van der Waals surface area contributed by atoms with Gasteiger partial charge in [0.2, 0.25) is 11.6 Å². The first kappa shape index (κ1) is 23.5. The van der Waals surface area contributed by atoms with E-state index in [9.17, 15) is 0 Å². The highest BCUT2D eigenvalue weighted by atomic mass is 16.6. The van der Waals surface area contributed by atoms with E-state index in [-0.39, 0.29) is 6.10 Å². The molecule has 0 radical (unpaired) electrons. The summed E-state index contributed by atoms with van der Waals surface area (Å²) in [6.07, 6.45) is 5.52. The minimum atomic E-state index is -0.574. The number of nitrogens with zero attached hydrogens (tertiary/aromatic N) is 4. The summed E-state index contributed by atoms with van der Waals surface area (Å²) in [5.74, 6) is 8.41. The molecule has 1 aliphatic heterocycles. The lowest BCUT2D eigenvalue weighted by Gasteiger charge is -2.28. The van der Waals surface area contributed by atoms with Gasteiger partial charge in [-0.1, -0.05) is 11.8 Å². The largest absolute Gasteiger partial charge is 0.493 e. The minimum absolute atomic E-state index is 0.305. The number of aromatic nitrogens is 4. The highest BCUT2D eigenvalue weighted by Crippen LogP contribution is 2.44. The molecule has 36 heavy (non-hydrogen) atoms. The summed E-state index contributed by atoms with van der Waals surface area (Å²) in [7, 11) is 3.20. The van der Waals surface area contributed by atoms with Crippen LogP contribution in [0.5, 0.6) is 23.1 Å². The van der Waals surface area contributed by atoms with Gasteiger partial charge in [-0.3, -0.25) is 0 Å². The molecule has 3 aromatic heterocycles. The third-order valence-electron chi connectivity index (χ3n) is 5.64. The van der Waals surface area contributed by atoms with Crippen LogP contribution in [0.2, 0.25) is 0 Å². The van der Waals surface area contributed by atoms with E-state index in [0.29, 0.717) is 41.8 Å². The van der Waals surface area contributed by atoms with Crippen molar-refractivity contribution in [3.8, 4) is 35.0 Å². The second kappa shape index (κ2) is 9.40. The maximum atomic E-state index is 6.25. The van der Waals surface area contributed by atoms with Gasteiger partial charge in [0.05, 0.1) is 37.8 Å². The molecule has 4 heterocycles. The van der Waals surface area contributed by atoms with Gasteiger partial charge in [0.1, 0.15) is 6.61 Å². The van der Waals surface area contributed by atoms with Crippen LogP contribution >= 0.6 is 0 Å². The summed E-state index contributed by atoms with van der Waals surface area (Å²) in [4.78, 5) is 8.77. The second-order valence-corrected chi connectivity index (χ2v) is 9.09. The molecule has 2 N–H and O–H groups in total. The fourth-order valence-corrected chi connectivity index (χ4v) is 3.87. The number of nitrogens with two attached hydrogens (primary N) is 1. The number of fused-ring (bicyclic) bond motifs is 2. The summed E-state index contributed by atoms with van der Waals surface area (Å²) < 4.78 is 24.9. The number of hydrogen-bond donors (Lipinski definition) is 1. The van der Waals surface area contributed by atoms with Gasteiger partial charge in [-0.25, -0.2) is 14.5 Å². The summed E-state index contributed by atoms with van der Waals surface area (Å²) in [5, 5.41) is 4.53. The van der Waals surface area contributed by atoms with E-state index in [2.05, 4.69) is 26.9 Å². The quantitative estimate of drug-likeness (QED) is 0.429. The summed E-state index contributed by atoms with van der Waals surface area (Å²) >= 11 is 0. The van der Waals surface area contributed by atoms with Crippen LogP contribution in [0.1, 0.15) is 42.3 Å². The fourth-order valence-electron chi connectivity index (χ4n) is 3.87. The molecule has 0 amide bonds. The zero-order chi connectivity index (χ0) is 25.3. The van der Waals surface area contributed by atoms with E-state index in [1.54, 1.807) is 37.2 Å². The van der Waals surface area contributed by atoms with Crippen molar-refractivity contribution in [3.05, 3.63) is 71.3 Å². The Morgan fingerprint density at radius 1 is 1.11 bits per heavy atom. The van der Waals surface area contributed by atoms with Gasteiger partial charge in [-0.2, -0.15) is 5.10 Å². The normalized spacial score (nSPS) is 14.8. The van der Waals surface area contributed by atoms with E-state index < -0.39 is 5.54 Å². The third-order valence-corrected chi connectivity index (χ3v) is 5.64. The Balaban J connectivity index is 1.38. The first-order valence-electron chi connectivity index (χ1n) is 11.5. The Labute approximate surface area is 209 Å². The van der Waals surface area contributed by atoms with Crippen molar-refractivity contribution in [3.63, 3.8) is 0 Å². The Kier molecular flexibility index (Phi) is 6.12. The molecule has 4 aromatic rings. The van der Waals surface area contributed by atoms with Gasteiger partial charge in [0.25, 0.3) is 0 Å². The zero-order valence-electron chi connectivity index (χ0n) is 20.6. The van der Waals surface area contributed by atoms with E-state index in [0.717, 1.165) is 22.4 Å². The summed E-state index contributed by atoms with van der Waals surface area (Å²) in [6.45, 7) is 4.07. The molecule has 1 aromatic carbocycles. The van der Waals surface area contributed by atoms with Crippen molar-refractivity contribution in [2.75, 3.05) is 20.8 Å². The molecule has 184 valence electrons. The lowest BCUT2D eigenvalue weighted by Crippen LogP contribution is -2.29. The maximum absolute atomic E-state index is 6.25. The van der Waals surface area contributed by atoms with Gasteiger partial charge in [0.15, 0.2) is 23.3 Å². The average molecular weight is 486 g/mol. The van der Waals surface area contributed by atoms with Gasteiger partial charge in [-0.15, -0.1) is 0 Å². The number of pyridine rings is 1. The average Bonchev–Trinajstić information content (AvgIpc) is 3.28. The Morgan fingerprint density at radius 2 is 1.97 bits per heavy atom. The van der Waals surface area contributed by atoms with Crippen molar-refractivity contribution >= 4 is 5.65 Å². The number of imidazole rings is 1. The van der Waals surface area contributed by atoms with Crippen LogP contribution in [-0.4, -0.2) is 45.9 Å². The van der Waals surface area contributed by atoms with Crippen LogP contribution in [0.3, 0.4) is 0 Å². The second-order valence-electron chi connectivity index (χ2n) is 9.09. The Hall–Kier alpha value is -4.29. The molecule has 1 atom stereocenters. The summed E-state index contributed by atoms with van der Waals surface area (Å²) in [6, 6.07) is 9.51. The molecule has 9 nitrogen and oxygen atoms in total. The monoisotopic (exact) mass is 485 g/mol. The molecular weight excluding hydrogens is 458 g/mol. The standard InChI is InChI=1S/C27H27N5O4/c1-27(2,28)8-7-17-12-24-29-15-20(32(24)31-13-17)9-18-10-21(33-3)26-22(11-18)35-16-23(36-26)19-5-6-25(34-4)30-14-19/h5-6,10-15,23H,9,16,28H2,1-4H3. The molecule has 1 unspecified atom stereocenters. The number of methoxy groups -OCH3 is 2. The molecule has 0 fully saturated rings. The fraction of sp³-hybridized carbons (Fsp3) is 0.296. The lowest BCUT2D eigenvalue weighted by atomic mass is 10.1. The first-order valence-corrected chi connectivity index (χ1v) is 11.5. The van der Waals surface area contributed by atoms with Gasteiger partial charge in [0, 0.05) is 35.9 Å². The predicted octanol–water partition coefficient (Wildman–Crippen LogP) is 3.33. The predicted molar refractivity (Wildman–Crippen MR) is 134 cm³/mol. The number of benzene rings is 1. The Morgan fingerprint density at radius 3 is 2.69 bits per heavy atom. The van der Waals surface area contributed by atoms with Gasteiger partial charge < -0.3 is 24.7 Å². The smallest absolute Gasteiger partial charge is 0.212 e. The summed E-state index contributed by atoms with van der Waals surface area (Å²) in [5.41, 5.74) is 9.66. The van der Waals surface area contributed by atoms with Crippen molar-refractivity contribution < 1.29 is 18.9 Å². The molecule has 9 heteroatoms. The number of rotatable bonds is 5. The van der Waals surface area contributed by atoms with E-state index in [1.807, 2.05) is 44.3 Å². The molecule has 1 aliphatic rings. The molecule has 0 saturated carbocycles.